The van der Waals surface area contributed by atoms with Crippen molar-refractivity contribution in [1.82, 2.24) is 0 Å². The lowest BCUT2D eigenvalue weighted by molar-refractivity contribution is 0.484. The monoisotopic (exact) mass is 414 g/mol. The maximum absolute atomic E-state index is 6.65. The summed E-state index contributed by atoms with van der Waals surface area (Å²) < 4.78 is 7.82. The Morgan fingerprint density at radius 1 is 1.04 bits per heavy atom. The molecule has 0 heterocycles. The van der Waals surface area contributed by atoms with E-state index in [-0.39, 0.29) is 5.04 Å². The molecule has 0 atom stereocenters. The minimum atomic E-state index is -1.85. The SMILES string of the molecule is CC(C)=CSc1c(C)c(C)c(O[Si](C)(C)C(C)(C)C)c(C)c1Br. The minimum Gasteiger partial charge on any atom is -0.543 e. The van der Waals surface area contributed by atoms with E-state index in [1.165, 1.54) is 27.2 Å². The summed E-state index contributed by atoms with van der Waals surface area (Å²) in [5, 5.41) is 2.40. The van der Waals surface area contributed by atoms with Crippen LogP contribution in [-0.4, -0.2) is 8.32 Å². The highest BCUT2D eigenvalue weighted by atomic mass is 79.9. The standard InChI is InChI=1S/C19H31BrOSSi/c1-12(2)11-22-18-14(4)13(3)17(15(5)16(18)20)21-23(9,10)19(6,7)8/h11H,1-10H3. The Bertz CT molecular complexity index is 594. The third-order valence-electron chi connectivity index (χ3n) is 4.69. The lowest BCUT2D eigenvalue weighted by Gasteiger charge is -2.38. The first kappa shape index (κ1) is 20.9. The molecule has 0 spiro atoms. The maximum Gasteiger partial charge on any atom is 0.250 e. The van der Waals surface area contributed by atoms with E-state index in [2.05, 4.69) is 89.8 Å². The number of halogens is 1. The van der Waals surface area contributed by atoms with Crippen molar-refractivity contribution in [2.75, 3.05) is 0 Å². The molecule has 1 nitrogen and oxygen atoms in total. The predicted octanol–water partition coefficient (Wildman–Crippen LogP) is 7.77. The van der Waals surface area contributed by atoms with Crippen LogP contribution in [0.5, 0.6) is 5.75 Å². The first-order valence-electron chi connectivity index (χ1n) is 8.08. The van der Waals surface area contributed by atoms with Crippen LogP contribution in [0.3, 0.4) is 0 Å². The molecule has 23 heavy (non-hydrogen) atoms. The van der Waals surface area contributed by atoms with Crippen LogP contribution in [0.2, 0.25) is 18.1 Å². The molecular weight excluding hydrogens is 384 g/mol. The fraction of sp³-hybridized carbons (Fsp3) is 0.579. The molecule has 0 saturated carbocycles. The average Bonchev–Trinajstić information content (AvgIpc) is 2.40. The molecule has 0 radical (unpaired) electrons. The number of rotatable bonds is 4. The van der Waals surface area contributed by atoms with Gasteiger partial charge in [0.05, 0.1) is 0 Å². The van der Waals surface area contributed by atoms with Crippen molar-refractivity contribution >= 4 is 36.0 Å². The average molecular weight is 416 g/mol. The van der Waals surface area contributed by atoms with E-state index in [1.807, 2.05) is 0 Å². The Morgan fingerprint density at radius 3 is 2.00 bits per heavy atom. The quantitative estimate of drug-likeness (QED) is 0.367. The Labute approximate surface area is 156 Å². The fourth-order valence-corrected chi connectivity index (χ4v) is 4.76. The van der Waals surface area contributed by atoms with Gasteiger partial charge in [0.25, 0.3) is 8.32 Å². The fourth-order valence-electron chi connectivity index (χ4n) is 1.93. The molecule has 0 aromatic heterocycles. The predicted molar refractivity (Wildman–Crippen MR) is 111 cm³/mol. The van der Waals surface area contributed by atoms with Crippen molar-refractivity contribution in [3.63, 3.8) is 0 Å². The second-order valence-electron chi connectivity index (χ2n) is 8.02. The van der Waals surface area contributed by atoms with E-state index in [0.717, 1.165) is 10.2 Å². The van der Waals surface area contributed by atoms with Crippen LogP contribution in [-0.2, 0) is 0 Å². The first-order valence-corrected chi connectivity index (χ1v) is 12.7. The van der Waals surface area contributed by atoms with Gasteiger partial charge in [0.2, 0.25) is 0 Å². The lowest BCUT2D eigenvalue weighted by Crippen LogP contribution is -2.44. The second kappa shape index (κ2) is 7.36. The topological polar surface area (TPSA) is 9.23 Å². The summed E-state index contributed by atoms with van der Waals surface area (Å²) in [5.74, 6) is 1.07. The van der Waals surface area contributed by atoms with Gasteiger partial charge < -0.3 is 4.43 Å². The van der Waals surface area contributed by atoms with Gasteiger partial charge in [-0.15, -0.1) is 0 Å². The van der Waals surface area contributed by atoms with Gasteiger partial charge in [-0.25, -0.2) is 0 Å². The van der Waals surface area contributed by atoms with Crippen molar-refractivity contribution in [1.29, 1.82) is 0 Å². The highest BCUT2D eigenvalue weighted by Crippen LogP contribution is 2.45. The molecule has 1 aromatic carbocycles. The van der Waals surface area contributed by atoms with Gasteiger partial charge in [-0.1, -0.05) is 38.1 Å². The zero-order valence-electron chi connectivity index (χ0n) is 16.3. The molecule has 1 rings (SSSR count). The molecular formula is C19H31BrOSSi. The van der Waals surface area contributed by atoms with Crippen molar-refractivity contribution in [3.05, 3.63) is 32.1 Å². The molecule has 0 bridgehead atoms. The number of hydrogen-bond donors (Lipinski definition) is 0. The van der Waals surface area contributed by atoms with Gasteiger partial charge >= 0.3 is 0 Å². The molecule has 0 unspecified atom stereocenters. The number of allylic oxidation sites excluding steroid dienone is 1. The van der Waals surface area contributed by atoms with Crippen LogP contribution in [0.1, 0.15) is 51.3 Å². The van der Waals surface area contributed by atoms with Crippen LogP contribution < -0.4 is 4.43 Å². The Morgan fingerprint density at radius 2 is 1.57 bits per heavy atom. The summed E-state index contributed by atoms with van der Waals surface area (Å²) in [5.41, 5.74) is 5.10. The smallest absolute Gasteiger partial charge is 0.250 e. The van der Waals surface area contributed by atoms with Crippen LogP contribution in [0, 0.1) is 20.8 Å². The second-order valence-corrected chi connectivity index (χ2v) is 14.4. The summed E-state index contributed by atoms with van der Waals surface area (Å²) in [6.07, 6.45) is 0. The summed E-state index contributed by atoms with van der Waals surface area (Å²) in [7, 11) is -1.85. The zero-order valence-corrected chi connectivity index (χ0v) is 19.7. The molecule has 130 valence electrons. The van der Waals surface area contributed by atoms with E-state index < -0.39 is 8.32 Å². The van der Waals surface area contributed by atoms with Crippen LogP contribution in [0.4, 0.5) is 0 Å². The molecule has 1 aromatic rings. The third-order valence-corrected chi connectivity index (χ3v) is 11.6. The van der Waals surface area contributed by atoms with Crippen LogP contribution >= 0.6 is 27.7 Å². The molecule has 4 heteroatoms. The van der Waals surface area contributed by atoms with E-state index in [1.54, 1.807) is 11.8 Å². The molecule has 0 N–H and O–H groups in total. The molecule has 0 aliphatic carbocycles. The molecule has 0 fully saturated rings. The van der Waals surface area contributed by atoms with Gasteiger partial charge in [0.1, 0.15) is 5.75 Å². The van der Waals surface area contributed by atoms with Gasteiger partial charge in [0, 0.05) is 14.9 Å². The highest BCUT2D eigenvalue weighted by molar-refractivity contribution is 9.10. The summed E-state index contributed by atoms with van der Waals surface area (Å²) in [6.45, 7) is 22.3. The van der Waals surface area contributed by atoms with Crippen molar-refractivity contribution in [3.8, 4) is 5.75 Å². The zero-order chi connectivity index (χ0) is 18.2. The lowest BCUT2D eigenvalue weighted by atomic mass is 10.1. The molecule has 0 amide bonds. The minimum absolute atomic E-state index is 0.196. The van der Waals surface area contributed by atoms with E-state index >= 15 is 0 Å². The van der Waals surface area contributed by atoms with Crippen LogP contribution in [0.15, 0.2) is 20.3 Å². The Kier molecular flexibility index (Phi) is 6.68. The molecule has 0 aliphatic heterocycles. The van der Waals surface area contributed by atoms with Gasteiger partial charge in [0.15, 0.2) is 0 Å². The summed E-state index contributed by atoms with van der Waals surface area (Å²) in [6, 6.07) is 0. The number of thioether (sulfide) groups is 1. The number of benzene rings is 1. The van der Waals surface area contributed by atoms with Crippen molar-refractivity contribution in [2.45, 2.75) is 78.4 Å². The van der Waals surface area contributed by atoms with Crippen molar-refractivity contribution in [2.24, 2.45) is 0 Å². The van der Waals surface area contributed by atoms with Gasteiger partial charge in [-0.3, -0.25) is 0 Å². The van der Waals surface area contributed by atoms with Gasteiger partial charge in [-0.05, 0) is 85.2 Å². The summed E-state index contributed by atoms with van der Waals surface area (Å²) in [4.78, 5) is 1.30. The Balaban J connectivity index is 3.41. The van der Waals surface area contributed by atoms with Crippen LogP contribution in [0.25, 0.3) is 0 Å². The first-order chi connectivity index (χ1) is 10.3. The summed E-state index contributed by atoms with van der Waals surface area (Å²) >= 11 is 5.60. The largest absolute Gasteiger partial charge is 0.543 e. The normalized spacial score (nSPS) is 12.3. The van der Waals surface area contributed by atoms with E-state index in [4.69, 9.17) is 4.43 Å². The maximum atomic E-state index is 6.65. The number of hydrogen-bond acceptors (Lipinski definition) is 2. The van der Waals surface area contributed by atoms with Gasteiger partial charge in [-0.2, -0.15) is 0 Å². The third kappa shape index (κ3) is 4.67. The highest BCUT2D eigenvalue weighted by Gasteiger charge is 2.40. The Hall–Kier alpha value is -0.193. The van der Waals surface area contributed by atoms with E-state index in [9.17, 15) is 0 Å². The van der Waals surface area contributed by atoms with E-state index in [0.29, 0.717) is 0 Å². The van der Waals surface area contributed by atoms with Crippen molar-refractivity contribution < 1.29 is 4.43 Å². The molecule has 0 aliphatic rings. The molecule has 0 saturated heterocycles.